The van der Waals surface area contributed by atoms with Crippen LogP contribution < -0.4 is 0 Å². The first kappa shape index (κ1) is 14.4. The Kier molecular flexibility index (Phi) is 4.30. The van der Waals surface area contributed by atoms with Gasteiger partial charge < -0.3 is 5.11 Å². The van der Waals surface area contributed by atoms with Crippen LogP contribution in [0.5, 0.6) is 0 Å². The van der Waals surface area contributed by atoms with Crippen LogP contribution in [0.3, 0.4) is 0 Å². The van der Waals surface area contributed by atoms with E-state index < -0.39 is 11.6 Å². The standard InChI is InChI=1S/C15H14ClN3O/c1-15(18-19-17,12-5-3-2-4-6-12)14(20)11-7-9-13(16)10-8-11/h2-10,14,20H,1H3/t14-,15-/m1/s1. The maximum atomic E-state index is 10.6. The van der Waals surface area contributed by atoms with Gasteiger partial charge in [0.05, 0.1) is 6.10 Å². The number of hydrogen-bond donors (Lipinski definition) is 1. The van der Waals surface area contributed by atoms with E-state index >= 15 is 0 Å². The van der Waals surface area contributed by atoms with Gasteiger partial charge in [0.2, 0.25) is 0 Å². The molecule has 2 rings (SSSR count). The van der Waals surface area contributed by atoms with Crippen molar-refractivity contribution in [1.82, 2.24) is 0 Å². The van der Waals surface area contributed by atoms with E-state index in [1.165, 1.54) is 0 Å². The number of aliphatic hydroxyl groups is 1. The number of hydrogen-bond acceptors (Lipinski definition) is 2. The molecule has 0 aliphatic carbocycles. The normalized spacial score (nSPS) is 14.9. The summed E-state index contributed by atoms with van der Waals surface area (Å²) >= 11 is 5.85. The molecule has 0 amide bonds. The topological polar surface area (TPSA) is 69.0 Å². The Morgan fingerprint density at radius 1 is 1.15 bits per heavy atom. The summed E-state index contributed by atoms with van der Waals surface area (Å²) in [7, 11) is 0. The van der Waals surface area contributed by atoms with E-state index in [4.69, 9.17) is 17.1 Å². The highest BCUT2D eigenvalue weighted by molar-refractivity contribution is 6.30. The summed E-state index contributed by atoms with van der Waals surface area (Å²) in [6, 6.07) is 16.0. The van der Waals surface area contributed by atoms with Gasteiger partial charge in [0.1, 0.15) is 5.54 Å². The molecule has 0 unspecified atom stereocenters. The van der Waals surface area contributed by atoms with Gasteiger partial charge in [0.15, 0.2) is 0 Å². The Morgan fingerprint density at radius 2 is 1.75 bits per heavy atom. The van der Waals surface area contributed by atoms with Gasteiger partial charge in [-0.25, -0.2) is 0 Å². The van der Waals surface area contributed by atoms with Gasteiger partial charge in [-0.05, 0) is 35.7 Å². The van der Waals surface area contributed by atoms with Crippen molar-refractivity contribution >= 4 is 11.6 Å². The molecule has 4 nitrogen and oxygen atoms in total. The summed E-state index contributed by atoms with van der Waals surface area (Å²) < 4.78 is 0. The van der Waals surface area contributed by atoms with Crippen molar-refractivity contribution in [2.75, 3.05) is 0 Å². The minimum Gasteiger partial charge on any atom is -0.387 e. The van der Waals surface area contributed by atoms with Crippen LogP contribution in [0.25, 0.3) is 10.4 Å². The molecule has 0 aliphatic heterocycles. The lowest BCUT2D eigenvalue weighted by molar-refractivity contribution is 0.0934. The SMILES string of the molecule is C[C@@](N=[N+]=[N-])(c1ccccc1)[C@H](O)c1ccc(Cl)cc1. The quantitative estimate of drug-likeness (QED) is 0.498. The highest BCUT2D eigenvalue weighted by Gasteiger charge is 2.35. The summed E-state index contributed by atoms with van der Waals surface area (Å²) in [5, 5.41) is 15.0. The molecule has 2 aromatic rings. The van der Waals surface area contributed by atoms with Gasteiger partial charge in [-0.2, -0.15) is 0 Å². The van der Waals surface area contributed by atoms with Gasteiger partial charge in [-0.15, -0.1) is 0 Å². The number of benzene rings is 2. The molecule has 0 spiro atoms. The van der Waals surface area contributed by atoms with Crippen molar-refractivity contribution in [2.45, 2.75) is 18.6 Å². The highest BCUT2D eigenvalue weighted by Crippen LogP contribution is 2.38. The predicted octanol–water partition coefficient (Wildman–Crippen LogP) is 4.60. The average Bonchev–Trinajstić information content (AvgIpc) is 2.48. The minimum atomic E-state index is -1.08. The van der Waals surface area contributed by atoms with Crippen LogP contribution in [0.1, 0.15) is 24.2 Å². The van der Waals surface area contributed by atoms with Crippen LogP contribution in [0.4, 0.5) is 0 Å². The molecular formula is C15H14ClN3O. The monoisotopic (exact) mass is 287 g/mol. The average molecular weight is 288 g/mol. The number of azide groups is 1. The van der Waals surface area contributed by atoms with E-state index in [2.05, 4.69) is 10.0 Å². The summed E-state index contributed by atoms with van der Waals surface area (Å²) in [5.74, 6) is 0. The Balaban J connectivity index is 2.47. The first-order valence-electron chi connectivity index (χ1n) is 6.13. The zero-order chi connectivity index (χ0) is 14.6. The Labute approximate surface area is 122 Å². The Morgan fingerprint density at radius 3 is 2.30 bits per heavy atom. The van der Waals surface area contributed by atoms with Crippen LogP contribution >= 0.6 is 11.6 Å². The fourth-order valence-electron chi connectivity index (χ4n) is 2.11. The molecule has 1 N–H and O–H groups in total. The van der Waals surface area contributed by atoms with Gasteiger partial charge in [0, 0.05) is 9.93 Å². The van der Waals surface area contributed by atoms with E-state index in [9.17, 15) is 5.11 Å². The van der Waals surface area contributed by atoms with E-state index in [1.807, 2.05) is 30.3 Å². The summed E-state index contributed by atoms with van der Waals surface area (Å²) in [5.41, 5.74) is 9.15. The van der Waals surface area contributed by atoms with Crippen LogP contribution in [0, 0.1) is 0 Å². The second-order valence-electron chi connectivity index (χ2n) is 4.66. The number of aliphatic hydroxyl groups excluding tert-OH is 1. The lowest BCUT2D eigenvalue weighted by Crippen LogP contribution is -2.27. The molecule has 0 saturated carbocycles. The zero-order valence-electron chi connectivity index (χ0n) is 10.9. The molecule has 0 heterocycles. The summed E-state index contributed by atoms with van der Waals surface area (Å²) in [4.78, 5) is 2.89. The van der Waals surface area contributed by atoms with Crippen LogP contribution in [-0.4, -0.2) is 5.11 Å². The third-order valence-electron chi connectivity index (χ3n) is 3.33. The van der Waals surface area contributed by atoms with Crippen molar-refractivity contribution in [3.05, 3.63) is 81.2 Å². The van der Waals surface area contributed by atoms with Crippen LogP contribution in [0.2, 0.25) is 5.02 Å². The molecule has 0 bridgehead atoms. The van der Waals surface area contributed by atoms with Gasteiger partial charge in [0.25, 0.3) is 0 Å². The Bertz CT molecular complexity index is 623. The first-order valence-corrected chi connectivity index (χ1v) is 6.51. The molecular weight excluding hydrogens is 274 g/mol. The van der Waals surface area contributed by atoms with E-state index in [0.29, 0.717) is 10.6 Å². The Hall–Kier alpha value is -2.00. The van der Waals surface area contributed by atoms with E-state index in [0.717, 1.165) is 5.56 Å². The largest absolute Gasteiger partial charge is 0.387 e. The lowest BCUT2D eigenvalue weighted by atomic mass is 9.84. The predicted molar refractivity (Wildman–Crippen MR) is 79.4 cm³/mol. The number of halogens is 1. The zero-order valence-corrected chi connectivity index (χ0v) is 11.7. The molecule has 20 heavy (non-hydrogen) atoms. The lowest BCUT2D eigenvalue weighted by Gasteiger charge is -2.30. The fraction of sp³-hybridized carbons (Fsp3) is 0.200. The maximum Gasteiger partial charge on any atom is 0.101 e. The maximum absolute atomic E-state index is 10.6. The third-order valence-corrected chi connectivity index (χ3v) is 3.58. The molecule has 0 radical (unpaired) electrons. The van der Waals surface area contributed by atoms with E-state index in [-0.39, 0.29) is 0 Å². The third kappa shape index (κ3) is 2.78. The van der Waals surface area contributed by atoms with Crippen LogP contribution in [-0.2, 0) is 5.54 Å². The van der Waals surface area contributed by atoms with Gasteiger partial charge in [-0.3, -0.25) is 0 Å². The second-order valence-corrected chi connectivity index (χ2v) is 5.09. The molecule has 2 aromatic carbocycles. The molecule has 0 fully saturated rings. The van der Waals surface area contributed by atoms with Crippen molar-refractivity contribution < 1.29 is 5.11 Å². The van der Waals surface area contributed by atoms with Crippen molar-refractivity contribution in [3.63, 3.8) is 0 Å². The molecule has 2 atom stereocenters. The second kappa shape index (κ2) is 5.97. The van der Waals surface area contributed by atoms with Crippen LogP contribution in [0.15, 0.2) is 59.7 Å². The van der Waals surface area contributed by atoms with Gasteiger partial charge in [-0.1, -0.05) is 59.2 Å². The molecule has 102 valence electrons. The molecule has 5 heteroatoms. The molecule has 0 aromatic heterocycles. The van der Waals surface area contributed by atoms with Gasteiger partial charge >= 0.3 is 0 Å². The highest BCUT2D eigenvalue weighted by atomic mass is 35.5. The minimum absolute atomic E-state index is 0.589. The molecule has 0 aliphatic rings. The van der Waals surface area contributed by atoms with Crippen molar-refractivity contribution in [3.8, 4) is 0 Å². The van der Waals surface area contributed by atoms with Crippen molar-refractivity contribution in [1.29, 1.82) is 0 Å². The first-order chi connectivity index (χ1) is 9.58. The van der Waals surface area contributed by atoms with Crippen molar-refractivity contribution in [2.24, 2.45) is 5.11 Å². The number of rotatable bonds is 4. The summed E-state index contributed by atoms with van der Waals surface area (Å²) in [6.07, 6.45) is -0.960. The smallest absolute Gasteiger partial charge is 0.101 e. The fourth-order valence-corrected chi connectivity index (χ4v) is 2.23. The van der Waals surface area contributed by atoms with E-state index in [1.54, 1.807) is 31.2 Å². The summed E-state index contributed by atoms with van der Waals surface area (Å²) in [6.45, 7) is 1.71. The molecule has 0 saturated heterocycles. The number of nitrogens with zero attached hydrogens (tertiary/aromatic N) is 3.